The van der Waals surface area contributed by atoms with Crippen LogP contribution in [0.4, 0.5) is 5.69 Å². The average Bonchev–Trinajstić information content (AvgIpc) is 2.69. The molecule has 0 aliphatic heterocycles. The van der Waals surface area contributed by atoms with E-state index in [0.717, 1.165) is 31.4 Å². The van der Waals surface area contributed by atoms with E-state index >= 15 is 0 Å². The van der Waals surface area contributed by atoms with Crippen LogP contribution in [0.2, 0.25) is 5.02 Å². The molecule has 0 saturated heterocycles. The predicted octanol–water partition coefficient (Wildman–Crippen LogP) is 5.35. The third-order valence-corrected chi connectivity index (χ3v) is 7.90. The standard InChI is InChI=1S/C21H27ClNO3P/c1-23(2)18-12-14-20(15-13-18)27(25,26-19-6-4-3-5-7-19)21(24)16-8-10-17(22)11-9-16/h8-15,19,21,24H,3-7H2,1-2H3/t21-,27+/m0/s1. The SMILES string of the molecule is CN(C)c1ccc([P@@](=O)(OC2CCCCC2)[C@H](O)c2ccc(Cl)cc2)cc1. The van der Waals surface area contributed by atoms with Gasteiger partial charge in [0.15, 0.2) is 5.85 Å². The van der Waals surface area contributed by atoms with Crippen molar-refractivity contribution in [1.29, 1.82) is 0 Å². The highest BCUT2D eigenvalue weighted by molar-refractivity contribution is 7.67. The molecule has 0 amide bonds. The van der Waals surface area contributed by atoms with Crippen molar-refractivity contribution in [1.82, 2.24) is 0 Å². The van der Waals surface area contributed by atoms with Crippen molar-refractivity contribution >= 4 is 30.0 Å². The maximum absolute atomic E-state index is 14.0. The lowest BCUT2D eigenvalue weighted by Gasteiger charge is -2.31. The second-order valence-electron chi connectivity index (χ2n) is 7.30. The van der Waals surface area contributed by atoms with Crippen LogP contribution in [0.3, 0.4) is 0 Å². The lowest BCUT2D eigenvalue weighted by Crippen LogP contribution is -2.22. The van der Waals surface area contributed by atoms with Gasteiger partial charge in [0.25, 0.3) is 7.37 Å². The van der Waals surface area contributed by atoms with Crippen LogP contribution < -0.4 is 10.2 Å². The first-order valence-electron chi connectivity index (χ1n) is 9.40. The number of aliphatic hydroxyl groups excluding tert-OH is 1. The van der Waals surface area contributed by atoms with E-state index in [4.69, 9.17) is 16.1 Å². The maximum atomic E-state index is 14.0. The highest BCUT2D eigenvalue weighted by Crippen LogP contribution is 2.59. The zero-order valence-corrected chi connectivity index (χ0v) is 17.5. The van der Waals surface area contributed by atoms with Crippen LogP contribution in [0.5, 0.6) is 0 Å². The van der Waals surface area contributed by atoms with Gasteiger partial charge >= 0.3 is 0 Å². The van der Waals surface area contributed by atoms with Crippen molar-refractivity contribution in [3.63, 3.8) is 0 Å². The molecule has 6 heteroatoms. The Kier molecular flexibility index (Phi) is 6.65. The number of rotatable bonds is 6. The Hall–Kier alpha value is -1.32. The number of anilines is 1. The minimum Gasteiger partial charge on any atom is -0.378 e. The number of nitrogens with zero attached hydrogens (tertiary/aromatic N) is 1. The highest BCUT2D eigenvalue weighted by atomic mass is 35.5. The Labute approximate surface area is 166 Å². The zero-order chi connectivity index (χ0) is 19.4. The molecule has 1 N–H and O–H groups in total. The molecule has 1 saturated carbocycles. The maximum Gasteiger partial charge on any atom is 0.264 e. The van der Waals surface area contributed by atoms with Gasteiger partial charge in [0.05, 0.1) is 6.10 Å². The molecule has 27 heavy (non-hydrogen) atoms. The van der Waals surface area contributed by atoms with E-state index in [9.17, 15) is 9.67 Å². The van der Waals surface area contributed by atoms with Crippen molar-refractivity contribution < 1.29 is 14.2 Å². The normalized spacial score (nSPS) is 18.7. The number of aliphatic hydroxyl groups is 1. The number of halogens is 1. The van der Waals surface area contributed by atoms with Crippen LogP contribution in [-0.2, 0) is 9.09 Å². The molecule has 3 rings (SSSR count). The zero-order valence-electron chi connectivity index (χ0n) is 15.8. The predicted molar refractivity (Wildman–Crippen MR) is 112 cm³/mol. The number of benzene rings is 2. The van der Waals surface area contributed by atoms with Crippen LogP contribution in [0.15, 0.2) is 48.5 Å². The van der Waals surface area contributed by atoms with E-state index in [1.165, 1.54) is 6.42 Å². The first-order chi connectivity index (χ1) is 12.9. The molecule has 0 spiro atoms. The summed E-state index contributed by atoms with van der Waals surface area (Å²) >= 11 is 5.96. The lowest BCUT2D eigenvalue weighted by atomic mass is 9.98. The Morgan fingerprint density at radius 2 is 1.63 bits per heavy atom. The van der Waals surface area contributed by atoms with Gasteiger partial charge < -0.3 is 14.5 Å². The van der Waals surface area contributed by atoms with Gasteiger partial charge in [-0.25, -0.2) is 0 Å². The van der Waals surface area contributed by atoms with Gasteiger partial charge in [-0.05, 0) is 54.8 Å². The van der Waals surface area contributed by atoms with E-state index in [0.29, 0.717) is 15.9 Å². The number of hydrogen-bond donors (Lipinski definition) is 1. The molecule has 0 radical (unpaired) electrons. The van der Waals surface area contributed by atoms with Gasteiger partial charge in [-0.2, -0.15) is 0 Å². The molecule has 0 aromatic heterocycles. The summed E-state index contributed by atoms with van der Waals surface area (Å²) in [5.41, 5.74) is 1.55. The average molecular weight is 408 g/mol. The van der Waals surface area contributed by atoms with Gasteiger partial charge in [-0.15, -0.1) is 0 Å². The summed E-state index contributed by atoms with van der Waals surface area (Å²) in [4.78, 5) is 1.98. The third-order valence-electron chi connectivity index (χ3n) is 5.07. The van der Waals surface area contributed by atoms with Crippen molar-refractivity contribution in [3.05, 3.63) is 59.1 Å². The molecule has 0 heterocycles. The van der Waals surface area contributed by atoms with E-state index in [2.05, 4.69) is 0 Å². The summed E-state index contributed by atoms with van der Waals surface area (Å²) in [6, 6.07) is 14.2. The molecule has 1 fully saturated rings. The minimum absolute atomic E-state index is 0.0833. The Morgan fingerprint density at radius 1 is 1.04 bits per heavy atom. The van der Waals surface area contributed by atoms with E-state index in [-0.39, 0.29) is 6.10 Å². The van der Waals surface area contributed by atoms with E-state index < -0.39 is 13.2 Å². The first kappa shape index (κ1) is 20.4. The summed E-state index contributed by atoms with van der Waals surface area (Å²) in [6.07, 6.45) is 5.00. The molecule has 0 bridgehead atoms. The summed E-state index contributed by atoms with van der Waals surface area (Å²) < 4.78 is 20.2. The molecule has 4 nitrogen and oxygen atoms in total. The summed E-state index contributed by atoms with van der Waals surface area (Å²) in [5.74, 6) is -1.22. The quantitative estimate of drug-likeness (QED) is 0.656. The van der Waals surface area contributed by atoms with Gasteiger partial charge in [-0.3, -0.25) is 4.57 Å². The molecule has 2 aromatic rings. The van der Waals surface area contributed by atoms with E-state index in [1.54, 1.807) is 36.4 Å². The monoisotopic (exact) mass is 407 g/mol. The topological polar surface area (TPSA) is 49.8 Å². The molecular formula is C21H27ClNO3P. The molecule has 0 unspecified atom stereocenters. The molecular weight excluding hydrogens is 381 g/mol. The van der Waals surface area contributed by atoms with Gasteiger partial charge in [0, 0.05) is 30.1 Å². The second kappa shape index (κ2) is 8.79. The summed E-state index contributed by atoms with van der Waals surface area (Å²) in [5, 5.41) is 12.2. The molecule has 1 aliphatic carbocycles. The van der Waals surface area contributed by atoms with Crippen LogP contribution in [0.25, 0.3) is 0 Å². The third kappa shape index (κ3) is 4.75. The van der Waals surface area contributed by atoms with Crippen LogP contribution in [0, 0.1) is 0 Å². The Morgan fingerprint density at radius 3 is 2.19 bits per heavy atom. The minimum atomic E-state index is -3.52. The Bertz CT molecular complexity index is 786. The van der Waals surface area contributed by atoms with Crippen molar-refractivity contribution in [3.8, 4) is 0 Å². The van der Waals surface area contributed by atoms with E-state index in [1.807, 2.05) is 31.1 Å². The molecule has 2 atom stereocenters. The van der Waals surface area contributed by atoms with Crippen LogP contribution >= 0.6 is 19.0 Å². The van der Waals surface area contributed by atoms with Crippen LogP contribution in [0.1, 0.15) is 43.5 Å². The van der Waals surface area contributed by atoms with Crippen molar-refractivity contribution in [2.24, 2.45) is 0 Å². The fourth-order valence-electron chi connectivity index (χ4n) is 3.44. The summed E-state index contributed by atoms with van der Waals surface area (Å²) in [7, 11) is 0.384. The first-order valence-corrected chi connectivity index (χ1v) is 11.5. The lowest BCUT2D eigenvalue weighted by molar-refractivity contribution is 0.137. The molecule has 1 aliphatic rings. The molecule has 146 valence electrons. The number of hydrogen-bond acceptors (Lipinski definition) is 4. The second-order valence-corrected chi connectivity index (χ2v) is 10.1. The van der Waals surface area contributed by atoms with Crippen LogP contribution in [-0.4, -0.2) is 25.3 Å². The van der Waals surface area contributed by atoms with Gasteiger partial charge in [-0.1, -0.05) is 43.0 Å². The largest absolute Gasteiger partial charge is 0.378 e. The Balaban J connectivity index is 1.96. The molecule has 2 aromatic carbocycles. The highest BCUT2D eigenvalue weighted by Gasteiger charge is 2.39. The van der Waals surface area contributed by atoms with Crippen molar-refractivity contribution in [2.75, 3.05) is 19.0 Å². The van der Waals surface area contributed by atoms with Gasteiger partial charge in [0.2, 0.25) is 0 Å². The van der Waals surface area contributed by atoms with Crippen molar-refractivity contribution in [2.45, 2.75) is 44.1 Å². The summed E-state index contributed by atoms with van der Waals surface area (Å²) in [6.45, 7) is 0. The fourth-order valence-corrected chi connectivity index (χ4v) is 5.87. The fraction of sp³-hybridized carbons (Fsp3) is 0.429. The van der Waals surface area contributed by atoms with Gasteiger partial charge in [0.1, 0.15) is 0 Å². The smallest absolute Gasteiger partial charge is 0.264 e.